The lowest BCUT2D eigenvalue weighted by atomic mass is 10.0. The molecule has 1 atom stereocenters. The van der Waals surface area contributed by atoms with E-state index in [0.717, 1.165) is 42.2 Å². The van der Waals surface area contributed by atoms with Crippen LogP contribution in [0.3, 0.4) is 0 Å². The lowest BCUT2D eigenvalue weighted by Crippen LogP contribution is -2.39. The highest BCUT2D eigenvalue weighted by atomic mass is 16.3. The number of aliphatic hydroxyl groups excluding tert-OH is 1. The van der Waals surface area contributed by atoms with Gasteiger partial charge >= 0.3 is 0 Å². The number of rotatable bonds is 9. The molecule has 1 saturated heterocycles. The second-order valence-electron chi connectivity index (χ2n) is 7.61. The van der Waals surface area contributed by atoms with Gasteiger partial charge in [-0.25, -0.2) is 4.99 Å². The van der Waals surface area contributed by atoms with E-state index in [2.05, 4.69) is 28.8 Å². The highest BCUT2D eigenvalue weighted by molar-refractivity contribution is 5.80. The average Bonchev–Trinajstić information content (AvgIpc) is 3.17. The molecule has 1 aliphatic heterocycles. The number of carbonyl (C=O) groups is 1. The minimum Gasteiger partial charge on any atom is -0.396 e. The van der Waals surface area contributed by atoms with Crippen molar-refractivity contribution in [3.8, 4) is 0 Å². The Morgan fingerprint density at radius 3 is 2.63 bits per heavy atom. The summed E-state index contributed by atoms with van der Waals surface area (Å²) in [6.07, 6.45) is 1.62. The van der Waals surface area contributed by atoms with Crippen LogP contribution in [0.1, 0.15) is 42.4 Å². The molecule has 160 valence electrons. The van der Waals surface area contributed by atoms with Gasteiger partial charge in [-0.15, -0.1) is 0 Å². The van der Waals surface area contributed by atoms with Crippen LogP contribution >= 0.6 is 0 Å². The summed E-state index contributed by atoms with van der Waals surface area (Å²) in [5.41, 5.74) is 3.35. The van der Waals surface area contributed by atoms with Crippen molar-refractivity contribution in [1.82, 2.24) is 15.5 Å². The van der Waals surface area contributed by atoms with Gasteiger partial charge in [-0.05, 0) is 30.0 Å². The van der Waals surface area contributed by atoms with E-state index in [9.17, 15) is 9.90 Å². The molecule has 0 aliphatic carbocycles. The number of nitrogens with zero attached hydrogens (tertiary/aromatic N) is 2. The lowest BCUT2D eigenvalue weighted by molar-refractivity contribution is -0.128. The largest absolute Gasteiger partial charge is 0.396 e. The Balaban J connectivity index is 1.60. The first-order chi connectivity index (χ1) is 14.7. The fraction of sp³-hybridized carbons (Fsp3) is 0.417. The van der Waals surface area contributed by atoms with E-state index in [-0.39, 0.29) is 18.4 Å². The SMILES string of the molecule is CCNC(=NCc1cccc(CN2CCCC2=O)c1)NCC(CO)c1ccccc1. The van der Waals surface area contributed by atoms with Crippen molar-refractivity contribution in [2.75, 3.05) is 26.2 Å². The summed E-state index contributed by atoms with van der Waals surface area (Å²) in [5.74, 6) is 0.984. The van der Waals surface area contributed by atoms with E-state index in [4.69, 9.17) is 4.99 Å². The van der Waals surface area contributed by atoms with E-state index >= 15 is 0 Å². The topological polar surface area (TPSA) is 77.0 Å². The Morgan fingerprint density at radius 2 is 1.93 bits per heavy atom. The van der Waals surface area contributed by atoms with E-state index < -0.39 is 0 Å². The normalized spacial score (nSPS) is 15.3. The molecule has 6 heteroatoms. The molecule has 0 bridgehead atoms. The van der Waals surface area contributed by atoms with Crippen LogP contribution in [0.5, 0.6) is 0 Å². The highest BCUT2D eigenvalue weighted by Crippen LogP contribution is 2.16. The number of likely N-dealkylation sites (tertiary alicyclic amines) is 1. The molecule has 0 spiro atoms. The first-order valence-electron chi connectivity index (χ1n) is 10.7. The first-order valence-corrected chi connectivity index (χ1v) is 10.7. The van der Waals surface area contributed by atoms with Crippen molar-refractivity contribution in [3.05, 3.63) is 71.3 Å². The summed E-state index contributed by atoms with van der Waals surface area (Å²) in [5, 5.41) is 16.4. The fourth-order valence-corrected chi connectivity index (χ4v) is 3.66. The van der Waals surface area contributed by atoms with E-state index in [1.807, 2.05) is 48.2 Å². The third kappa shape index (κ3) is 6.32. The number of carbonyl (C=O) groups excluding carboxylic acids is 1. The monoisotopic (exact) mass is 408 g/mol. The Labute approximate surface area is 179 Å². The van der Waals surface area contributed by atoms with Crippen molar-refractivity contribution in [1.29, 1.82) is 0 Å². The maximum atomic E-state index is 11.9. The minimum atomic E-state index is 0.0105. The zero-order chi connectivity index (χ0) is 21.2. The lowest BCUT2D eigenvalue weighted by Gasteiger charge is -2.18. The third-order valence-corrected chi connectivity index (χ3v) is 5.31. The molecule has 2 aromatic carbocycles. The maximum Gasteiger partial charge on any atom is 0.222 e. The summed E-state index contributed by atoms with van der Waals surface area (Å²) < 4.78 is 0. The van der Waals surface area contributed by atoms with Gasteiger partial charge < -0.3 is 20.6 Å². The molecule has 30 heavy (non-hydrogen) atoms. The molecule has 0 saturated carbocycles. The first kappa shape index (κ1) is 21.8. The maximum absolute atomic E-state index is 11.9. The summed E-state index contributed by atoms with van der Waals surface area (Å²) in [6.45, 7) is 5.54. The molecule has 2 aromatic rings. The molecular formula is C24H32N4O2. The molecule has 1 heterocycles. The van der Waals surface area contributed by atoms with Gasteiger partial charge in [-0.1, -0.05) is 54.6 Å². The van der Waals surface area contributed by atoms with Crippen LogP contribution in [0.2, 0.25) is 0 Å². The molecular weight excluding hydrogens is 376 g/mol. The van der Waals surface area contributed by atoms with Crippen molar-refractivity contribution >= 4 is 11.9 Å². The van der Waals surface area contributed by atoms with Crippen molar-refractivity contribution < 1.29 is 9.90 Å². The van der Waals surface area contributed by atoms with Crippen molar-refractivity contribution in [2.45, 2.75) is 38.8 Å². The Kier molecular flexibility index (Phi) is 8.27. The van der Waals surface area contributed by atoms with Gasteiger partial charge in [0.05, 0.1) is 13.2 Å². The number of amides is 1. The van der Waals surface area contributed by atoms with Crippen LogP contribution in [0.25, 0.3) is 0 Å². The van der Waals surface area contributed by atoms with E-state index in [1.165, 1.54) is 0 Å². The Morgan fingerprint density at radius 1 is 1.13 bits per heavy atom. The zero-order valence-electron chi connectivity index (χ0n) is 17.7. The van der Waals surface area contributed by atoms with Crippen LogP contribution in [0.4, 0.5) is 0 Å². The summed E-state index contributed by atoms with van der Waals surface area (Å²) in [6, 6.07) is 18.3. The van der Waals surface area contributed by atoms with Crippen LogP contribution < -0.4 is 10.6 Å². The van der Waals surface area contributed by atoms with Gasteiger partial charge in [0.25, 0.3) is 0 Å². The smallest absolute Gasteiger partial charge is 0.222 e. The van der Waals surface area contributed by atoms with Crippen LogP contribution in [-0.2, 0) is 17.9 Å². The molecule has 1 aliphatic rings. The predicted octanol–water partition coefficient (Wildman–Crippen LogP) is 2.64. The summed E-state index contributed by atoms with van der Waals surface area (Å²) in [7, 11) is 0. The van der Waals surface area contributed by atoms with Gasteiger partial charge in [0.2, 0.25) is 5.91 Å². The highest BCUT2D eigenvalue weighted by Gasteiger charge is 2.19. The quantitative estimate of drug-likeness (QED) is 0.440. The number of hydrogen-bond acceptors (Lipinski definition) is 3. The van der Waals surface area contributed by atoms with Gasteiger partial charge in [-0.2, -0.15) is 0 Å². The number of benzene rings is 2. The molecule has 3 N–H and O–H groups in total. The molecule has 1 unspecified atom stereocenters. The Hall–Kier alpha value is -2.86. The number of aliphatic imine (C=N–C) groups is 1. The van der Waals surface area contributed by atoms with Gasteiger partial charge in [0, 0.05) is 38.5 Å². The Bertz CT molecular complexity index is 838. The number of nitrogens with one attached hydrogen (secondary N) is 2. The number of guanidine groups is 1. The number of aliphatic hydroxyl groups is 1. The van der Waals surface area contributed by atoms with Crippen LogP contribution in [0.15, 0.2) is 59.6 Å². The van der Waals surface area contributed by atoms with Crippen molar-refractivity contribution in [2.24, 2.45) is 4.99 Å². The second-order valence-corrected chi connectivity index (χ2v) is 7.61. The van der Waals surface area contributed by atoms with Gasteiger partial charge in [0.1, 0.15) is 0 Å². The van der Waals surface area contributed by atoms with Crippen LogP contribution in [0, 0.1) is 0 Å². The summed E-state index contributed by atoms with van der Waals surface area (Å²) in [4.78, 5) is 18.5. The minimum absolute atomic E-state index is 0.0105. The average molecular weight is 409 g/mol. The van der Waals surface area contributed by atoms with Gasteiger partial charge in [-0.3, -0.25) is 4.79 Å². The van der Waals surface area contributed by atoms with E-state index in [1.54, 1.807) is 0 Å². The molecule has 1 amide bonds. The van der Waals surface area contributed by atoms with Gasteiger partial charge in [0.15, 0.2) is 5.96 Å². The third-order valence-electron chi connectivity index (χ3n) is 5.31. The second kappa shape index (κ2) is 11.4. The molecule has 0 aromatic heterocycles. The number of hydrogen-bond donors (Lipinski definition) is 3. The fourth-order valence-electron chi connectivity index (χ4n) is 3.66. The molecule has 0 radical (unpaired) electrons. The zero-order valence-corrected chi connectivity index (χ0v) is 17.7. The molecule has 6 nitrogen and oxygen atoms in total. The van der Waals surface area contributed by atoms with E-state index in [0.29, 0.717) is 26.1 Å². The summed E-state index contributed by atoms with van der Waals surface area (Å²) >= 11 is 0. The molecule has 1 fully saturated rings. The van der Waals surface area contributed by atoms with Crippen LogP contribution in [-0.4, -0.2) is 48.1 Å². The molecule has 3 rings (SSSR count). The standard InChI is InChI=1S/C24H32N4O2/c1-2-25-24(27-16-22(18-29)21-10-4-3-5-11-21)26-15-19-8-6-9-20(14-19)17-28-13-7-12-23(28)30/h3-6,8-11,14,22,29H,2,7,12-13,15-18H2,1H3,(H2,25,26,27). The van der Waals surface area contributed by atoms with Crippen molar-refractivity contribution in [3.63, 3.8) is 0 Å². The predicted molar refractivity (Wildman–Crippen MR) is 120 cm³/mol.